The van der Waals surface area contributed by atoms with Gasteiger partial charge in [0.2, 0.25) is 0 Å². The predicted molar refractivity (Wildman–Crippen MR) is 279 cm³/mol. The molecular formula is C65H44N2. The standard InChI is InChI=1S/C65H44N2/c1-3-15-43(16-4-1)44-29-33-50(34-30-44)66(52-36-37-56-55-21-9-13-25-61(55)65(62(56)42-52)59-23-11-7-19-53(59)54-20-8-12-24-60(54)65)51-35-31-46-39-45(27-28-47(46)40-51)48-32-38-64-58(41-48)57-22-10-14-26-63(57)67(64)49-17-5-2-6-18-49/h1-42,57,63H. The third-order valence-electron chi connectivity index (χ3n) is 15.0. The average molecular weight is 853 g/mol. The second kappa shape index (κ2) is 14.8. The van der Waals surface area contributed by atoms with E-state index in [1.165, 1.54) is 94.5 Å². The largest absolute Gasteiger partial charge is 0.333 e. The first-order valence-electron chi connectivity index (χ1n) is 23.5. The molecular weight excluding hydrogens is 809 g/mol. The number of hydrogen-bond acceptors (Lipinski definition) is 2. The Balaban J connectivity index is 0.898. The van der Waals surface area contributed by atoms with Gasteiger partial charge in [0.15, 0.2) is 0 Å². The van der Waals surface area contributed by atoms with Crippen molar-refractivity contribution in [1.82, 2.24) is 0 Å². The number of anilines is 5. The smallest absolute Gasteiger partial charge is 0.0726 e. The van der Waals surface area contributed by atoms with Crippen molar-refractivity contribution in [2.75, 3.05) is 9.80 Å². The first-order valence-corrected chi connectivity index (χ1v) is 23.5. The highest BCUT2D eigenvalue weighted by molar-refractivity contribution is 5.97. The maximum atomic E-state index is 2.50. The van der Waals surface area contributed by atoms with Gasteiger partial charge in [-0.2, -0.15) is 0 Å². The molecule has 2 atom stereocenters. The van der Waals surface area contributed by atoms with E-state index < -0.39 is 5.41 Å². The zero-order valence-corrected chi connectivity index (χ0v) is 36.8. The molecule has 0 radical (unpaired) electrons. The molecule has 3 aliphatic carbocycles. The Labute approximate surface area is 391 Å². The molecule has 1 heterocycles. The molecule has 4 aliphatic rings. The van der Waals surface area contributed by atoms with Gasteiger partial charge in [0.1, 0.15) is 0 Å². The monoisotopic (exact) mass is 852 g/mol. The summed E-state index contributed by atoms with van der Waals surface area (Å²) in [4.78, 5) is 4.95. The van der Waals surface area contributed by atoms with E-state index in [-0.39, 0.29) is 6.04 Å². The second-order valence-corrected chi connectivity index (χ2v) is 18.4. The highest BCUT2D eigenvalue weighted by atomic mass is 15.2. The van der Waals surface area contributed by atoms with Gasteiger partial charge in [-0.25, -0.2) is 0 Å². The Morgan fingerprint density at radius 1 is 0.358 bits per heavy atom. The zero-order chi connectivity index (χ0) is 44.1. The summed E-state index contributed by atoms with van der Waals surface area (Å²) >= 11 is 0. The molecule has 67 heavy (non-hydrogen) atoms. The molecule has 2 heteroatoms. The molecule has 10 aromatic rings. The van der Waals surface area contributed by atoms with Crippen molar-refractivity contribution in [3.63, 3.8) is 0 Å². The molecule has 10 aromatic carbocycles. The van der Waals surface area contributed by atoms with Gasteiger partial charge < -0.3 is 9.80 Å². The third kappa shape index (κ3) is 5.63. The van der Waals surface area contributed by atoms with E-state index in [0.717, 1.165) is 17.1 Å². The number of rotatable bonds is 6. The van der Waals surface area contributed by atoms with Crippen LogP contribution in [0, 0.1) is 0 Å². The fraction of sp³-hybridized carbons (Fsp3) is 0.0462. The first kappa shape index (κ1) is 37.9. The van der Waals surface area contributed by atoms with E-state index >= 15 is 0 Å². The number of allylic oxidation sites excluding steroid dienone is 2. The van der Waals surface area contributed by atoms with Gasteiger partial charge in [0.05, 0.1) is 11.5 Å². The Hall–Kier alpha value is -8.46. The van der Waals surface area contributed by atoms with Crippen LogP contribution in [0.15, 0.2) is 255 Å². The summed E-state index contributed by atoms with van der Waals surface area (Å²) in [7, 11) is 0. The summed E-state index contributed by atoms with van der Waals surface area (Å²) in [5, 5.41) is 2.42. The molecule has 0 saturated heterocycles. The van der Waals surface area contributed by atoms with E-state index in [2.05, 4.69) is 265 Å². The van der Waals surface area contributed by atoms with Crippen molar-refractivity contribution >= 4 is 39.2 Å². The summed E-state index contributed by atoms with van der Waals surface area (Å²) in [5.41, 5.74) is 22.3. The lowest BCUT2D eigenvalue weighted by Gasteiger charge is -2.32. The topological polar surface area (TPSA) is 6.48 Å². The van der Waals surface area contributed by atoms with Crippen molar-refractivity contribution in [2.24, 2.45) is 0 Å². The number of benzene rings is 10. The van der Waals surface area contributed by atoms with Gasteiger partial charge in [0, 0.05) is 34.4 Å². The SMILES string of the molecule is C1=CC2c3cc(-c4ccc5cc(N(c6ccc(-c7ccccc7)cc6)c6ccc7c(c6)C6(c8ccccc8-c8ccccc86)c6ccccc6-7)ccc5c4)ccc3N(c3ccccc3)C2C=C1. The fourth-order valence-electron chi connectivity index (χ4n) is 12.1. The lowest BCUT2D eigenvalue weighted by Crippen LogP contribution is -2.28. The molecule has 1 aliphatic heterocycles. The van der Waals surface area contributed by atoms with Gasteiger partial charge >= 0.3 is 0 Å². The van der Waals surface area contributed by atoms with Gasteiger partial charge in [0.25, 0.3) is 0 Å². The molecule has 2 nitrogen and oxygen atoms in total. The Morgan fingerprint density at radius 2 is 0.866 bits per heavy atom. The van der Waals surface area contributed by atoms with Gasteiger partial charge in [-0.05, 0) is 150 Å². The van der Waals surface area contributed by atoms with Gasteiger partial charge in [-0.1, -0.05) is 188 Å². The number of fused-ring (bicyclic) bond motifs is 14. The first-order chi connectivity index (χ1) is 33.2. The van der Waals surface area contributed by atoms with Crippen molar-refractivity contribution < 1.29 is 0 Å². The van der Waals surface area contributed by atoms with E-state index in [4.69, 9.17) is 0 Å². The number of para-hydroxylation sites is 1. The predicted octanol–water partition coefficient (Wildman–Crippen LogP) is 16.7. The lowest BCUT2D eigenvalue weighted by molar-refractivity contribution is 0.745. The van der Waals surface area contributed by atoms with Crippen LogP contribution >= 0.6 is 0 Å². The fourth-order valence-corrected chi connectivity index (χ4v) is 12.1. The molecule has 0 aromatic heterocycles. The van der Waals surface area contributed by atoms with Crippen LogP contribution in [-0.2, 0) is 5.41 Å². The van der Waals surface area contributed by atoms with Crippen LogP contribution in [0.4, 0.5) is 28.4 Å². The highest BCUT2D eigenvalue weighted by Crippen LogP contribution is 2.63. The van der Waals surface area contributed by atoms with Crippen molar-refractivity contribution in [3.05, 3.63) is 283 Å². The quantitative estimate of drug-likeness (QED) is 0.164. The van der Waals surface area contributed by atoms with Crippen LogP contribution < -0.4 is 9.80 Å². The molecule has 2 unspecified atom stereocenters. The van der Waals surface area contributed by atoms with Crippen LogP contribution in [0.1, 0.15) is 33.7 Å². The molecule has 0 saturated carbocycles. The van der Waals surface area contributed by atoms with E-state index in [1.807, 2.05) is 0 Å². The molecule has 0 N–H and O–H groups in total. The summed E-state index contributed by atoms with van der Waals surface area (Å²) in [6.45, 7) is 0. The summed E-state index contributed by atoms with van der Waals surface area (Å²) < 4.78 is 0. The molecule has 0 amide bonds. The minimum atomic E-state index is -0.431. The van der Waals surface area contributed by atoms with Gasteiger partial charge in [-0.15, -0.1) is 0 Å². The normalized spacial score (nSPS) is 16.3. The van der Waals surface area contributed by atoms with Crippen LogP contribution in [0.25, 0.3) is 55.3 Å². The maximum absolute atomic E-state index is 2.50. The van der Waals surface area contributed by atoms with Crippen molar-refractivity contribution in [3.8, 4) is 44.5 Å². The Kier molecular flexibility index (Phi) is 8.36. The van der Waals surface area contributed by atoms with Crippen molar-refractivity contribution in [2.45, 2.75) is 17.4 Å². The van der Waals surface area contributed by atoms with Gasteiger partial charge in [-0.3, -0.25) is 0 Å². The minimum Gasteiger partial charge on any atom is -0.333 e. The van der Waals surface area contributed by atoms with E-state index in [9.17, 15) is 0 Å². The molecule has 0 bridgehead atoms. The lowest BCUT2D eigenvalue weighted by atomic mass is 9.70. The molecule has 314 valence electrons. The van der Waals surface area contributed by atoms with Crippen molar-refractivity contribution in [1.29, 1.82) is 0 Å². The van der Waals surface area contributed by atoms with E-state index in [1.54, 1.807) is 0 Å². The Bertz CT molecular complexity index is 3590. The Morgan fingerprint density at radius 3 is 1.58 bits per heavy atom. The number of nitrogens with zero attached hydrogens (tertiary/aromatic N) is 2. The summed E-state index contributed by atoms with van der Waals surface area (Å²) in [6, 6.07) is 86.2. The summed E-state index contributed by atoms with van der Waals surface area (Å²) in [5.74, 6) is 0.303. The van der Waals surface area contributed by atoms with Crippen LogP contribution in [0.5, 0.6) is 0 Å². The molecule has 14 rings (SSSR count). The van der Waals surface area contributed by atoms with Crippen LogP contribution in [0.2, 0.25) is 0 Å². The van der Waals surface area contributed by atoms with Crippen LogP contribution in [-0.4, -0.2) is 6.04 Å². The second-order valence-electron chi connectivity index (χ2n) is 18.4. The summed E-state index contributed by atoms with van der Waals surface area (Å²) in [6.07, 6.45) is 9.10. The third-order valence-corrected chi connectivity index (χ3v) is 15.0. The van der Waals surface area contributed by atoms with E-state index in [0.29, 0.717) is 5.92 Å². The van der Waals surface area contributed by atoms with Crippen LogP contribution in [0.3, 0.4) is 0 Å². The number of hydrogen-bond donors (Lipinski definition) is 0. The average Bonchev–Trinajstić information content (AvgIpc) is 4.01. The highest BCUT2D eigenvalue weighted by Gasteiger charge is 2.51. The minimum absolute atomic E-state index is 0.265. The maximum Gasteiger partial charge on any atom is 0.0726 e. The molecule has 1 spiro atoms. The zero-order valence-electron chi connectivity index (χ0n) is 36.8. The molecule has 0 fully saturated rings.